The van der Waals surface area contributed by atoms with Gasteiger partial charge in [0.05, 0.1) is 5.25 Å². The number of sulfone groups is 1. The first-order chi connectivity index (χ1) is 8.67. The number of nitrogens with one attached hydrogen (secondary N) is 1. The molecular weight excluding hydrogens is 308 g/mol. The quantitative estimate of drug-likeness (QED) is 0.747. The van der Waals surface area contributed by atoms with Crippen molar-refractivity contribution in [3.63, 3.8) is 0 Å². The van der Waals surface area contributed by atoms with Gasteiger partial charge in [0, 0.05) is 12.0 Å². The monoisotopic (exact) mass is 328 g/mol. The number of hydrogen-bond donors (Lipinski definition) is 2. The summed E-state index contributed by atoms with van der Waals surface area (Å²) in [6.45, 7) is 4.40. The van der Waals surface area contributed by atoms with Crippen molar-refractivity contribution in [1.29, 1.82) is 0 Å². The van der Waals surface area contributed by atoms with E-state index in [2.05, 4.69) is 5.32 Å². The first kappa shape index (κ1) is 15.6. The molecule has 2 fully saturated rings. The average molecular weight is 328 g/mol. The molecule has 0 aliphatic carbocycles. The van der Waals surface area contributed by atoms with Crippen LogP contribution in [0.3, 0.4) is 0 Å². The topological polar surface area (TPSA) is 106 Å². The van der Waals surface area contributed by atoms with E-state index in [1.54, 1.807) is 6.92 Å². The van der Waals surface area contributed by atoms with Crippen molar-refractivity contribution < 1.29 is 16.8 Å². The number of hydrogen-bond acceptors (Lipinski definition) is 6. The van der Waals surface area contributed by atoms with E-state index < -0.39 is 34.3 Å². The van der Waals surface area contributed by atoms with Gasteiger partial charge in [0.25, 0.3) is 0 Å². The van der Waals surface area contributed by atoms with Gasteiger partial charge >= 0.3 is 0 Å². The van der Waals surface area contributed by atoms with Crippen molar-refractivity contribution in [2.24, 2.45) is 11.1 Å². The Morgan fingerprint density at radius 3 is 2.53 bits per heavy atom. The molecule has 112 valence electrons. The van der Waals surface area contributed by atoms with Crippen LogP contribution in [0.4, 0.5) is 0 Å². The molecule has 2 aliphatic heterocycles. The molecule has 2 heterocycles. The summed E-state index contributed by atoms with van der Waals surface area (Å²) >= 11 is 1.00. The number of primary sulfonamides is 1. The molecule has 5 atom stereocenters. The SMILES string of the molecule is CCN[C@H]1C[C@@H](C)S(=O)(=O)[C@@H]2S[C@H](S(N)(=O)=O)C[C@@H]12. The van der Waals surface area contributed by atoms with Gasteiger partial charge in [-0.25, -0.2) is 22.0 Å². The third-order valence-corrected chi connectivity index (χ3v) is 10.5. The second kappa shape index (κ2) is 5.18. The Hall–Kier alpha value is 0.170. The Labute approximate surface area is 118 Å². The molecule has 2 aliphatic rings. The molecule has 0 aromatic carbocycles. The van der Waals surface area contributed by atoms with Crippen molar-refractivity contribution in [2.45, 2.75) is 47.1 Å². The van der Waals surface area contributed by atoms with Crippen LogP contribution in [0, 0.1) is 5.92 Å². The number of nitrogens with two attached hydrogens (primary N) is 1. The van der Waals surface area contributed by atoms with E-state index in [0.29, 0.717) is 12.8 Å². The summed E-state index contributed by atoms with van der Waals surface area (Å²) in [5.74, 6) is -0.172. The summed E-state index contributed by atoms with van der Waals surface area (Å²) < 4.78 is 46.2. The summed E-state index contributed by atoms with van der Waals surface area (Å²) in [6.07, 6.45) is 0.854. The van der Waals surface area contributed by atoms with Gasteiger partial charge in [0.15, 0.2) is 9.84 Å². The highest BCUT2D eigenvalue weighted by Gasteiger charge is 2.54. The maximum atomic E-state index is 12.3. The van der Waals surface area contributed by atoms with Gasteiger partial charge in [-0.2, -0.15) is 0 Å². The maximum absolute atomic E-state index is 12.3. The molecule has 0 aromatic rings. The van der Waals surface area contributed by atoms with E-state index in [4.69, 9.17) is 5.14 Å². The fourth-order valence-corrected chi connectivity index (χ4v) is 9.05. The largest absolute Gasteiger partial charge is 0.314 e. The van der Waals surface area contributed by atoms with Gasteiger partial charge < -0.3 is 5.32 Å². The molecule has 0 radical (unpaired) electrons. The van der Waals surface area contributed by atoms with Gasteiger partial charge in [-0.3, -0.25) is 0 Å². The molecule has 0 saturated carbocycles. The smallest absolute Gasteiger partial charge is 0.221 e. The van der Waals surface area contributed by atoms with E-state index in [1.807, 2.05) is 6.92 Å². The molecule has 2 saturated heterocycles. The van der Waals surface area contributed by atoms with Crippen molar-refractivity contribution in [3.05, 3.63) is 0 Å². The molecule has 2 rings (SSSR count). The second-order valence-electron chi connectivity index (χ2n) is 5.22. The minimum atomic E-state index is -3.70. The fraction of sp³-hybridized carbons (Fsp3) is 1.00. The van der Waals surface area contributed by atoms with Crippen LogP contribution in [0.2, 0.25) is 0 Å². The molecule has 0 spiro atoms. The van der Waals surface area contributed by atoms with Gasteiger partial charge in [-0.1, -0.05) is 6.92 Å². The van der Waals surface area contributed by atoms with E-state index in [0.717, 1.165) is 18.3 Å². The van der Waals surface area contributed by atoms with Crippen LogP contribution in [0.1, 0.15) is 26.7 Å². The highest BCUT2D eigenvalue weighted by molar-refractivity contribution is 8.20. The van der Waals surface area contributed by atoms with Crippen molar-refractivity contribution in [2.75, 3.05) is 6.54 Å². The molecule has 0 bridgehead atoms. The zero-order valence-electron chi connectivity index (χ0n) is 10.9. The summed E-state index contributed by atoms with van der Waals surface area (Å²) in [5.41, 5.74) is 0. The minimum Gasteiger partial charge on any atom is -0.314 e. The van der Waals surface area contributed by atoms with Crippen LogP contribution >= 0.6 is 11.8 Å². The second-order valence-corrected chi connectivity index (χ2v) is 11.4. The molecule has 3 N–H and O–H groups in total. The summed E-state index contributed by atoms with van der Waals surface area (Å²) in [7, 11) is -6.98. The lowest BCUT2D eigenvalue weighted by atomic mass is 9.94. The van der Waals surface area contributed by atoms with E-state index in [1.165, 1.54) is 0 Å². The first-order valence-corrected chi connectivity index (χ1v) is 10.5. The Morgan fingerprint density at radius 2 is 2.00 bits per heavy atom. The van der Waals surface area contributed by atoms with Gasteiger partial charge in [-0.15, -0.1) is 11.8 Å². The Balaban J connectivity index is 2.33. The van der Waals surface area contributed by atoms with Crippen LogP contribution < -0.4 is 10.5 Å². The third-order valence-electron chi connectivity index (χ3n) is 3.92. The van der Waals surface area contributed by atoms with Crippen molar-refractivity contribution >= 4 is 31.6 Å². The van der Waals surface area contributed by atoms with Crippen LogP contribution in [0.5, 0.6) is 0 Å². The van der Waals surface area contributed by atoms with Gasteiger partial charge in [-0.05, 0) is 26.3 Å². The highest BCUT2D eigenvalue weighted by Crippen LogP contribution is 2.49. The number of rotatable bonds is 3. The lowest BCUT2D eigenvalue weighted by Gasteiger charge is -2.36. The minimum absolute atomic E-state index is 0.0489. The normalized spacial score (nSPS) is 41.9. The predicted molar refractivity (Wildman–Crippen MR) is 76.8 cm³/mol. The van der Waals surface area contributed by atoms with Crippen molar-refractivity contribution in [1.82, 2.24) is 5.32 Å². The maximum Gasteiger partial charge on any atom is 0.221 e. The van der Waals surface area contributed by atoms with E-state index >= 15 is 0 Å². The Bertz CT molecular complexity index is 545. The average Bonchev–Trinajstić information content (AvgIpc) is 2.72. The van der Waals surface area contributed by atoms with Crippen LogP contribution in [0.15, 0.2) is 0 Å². The van der Waals surface area contributed by atoms with Crippen LogP contribution in [0.25, 0.3) is 0 Å². The lowest BCUT2D eigenvalue weighted by molar-refractivity contribution is 0.331. The molecule has 0 amide bonds. The van der Waals surface area contributed by atoms with Crippen LogP contribution in [-0.2, 0) is 19.9 Å². The zero-order chi connectivity index (χ0) is 14.4. The summed E-state index contributed by atoms with van der Waals surface area (Å²) in [5, 5.41) is 8.02. The van der Waals surface area contributed by atoms with Gasteiger partial charge in [0.1, 0.15) is 9.16 Å². The summed E-state index contributed by atoms with van der Waals surface area (Å²) in [4.78, 5) is 0. The van der Waals surface area contributed by atoms with Crippen molar-refractivity contribution in [3.8, 4) is 0 Å². The predicted octanol–water partition coefficient (Wildman–Crippen LogP) is -0.135. The molecular formula is C10H20N2O4S3. The molecule has 19 heavy (non-hydrogen) atoms. The fourth-order valence-electron chi connectivity index (χ4n) is 2.92. The molecule has 0 unspecified atom stereocenters. The molecule has 0 aromatic heterocycles. The molecule has 6 nitrogen and oxygen atoms in total. The van der Waals surface area contributed by atoms with Crippen LogP contribution in [-0.4, -0.2) is 43.8 Å². The van der Waals surface area contributed by atoms with Gasteiger partial charge in [0.2, 0.25) is 10.0 Å². The Kier molecular flexibility index (Phi) is 4.24. The zero-order valence-corrected chi connectivity index (χ0v) is 13.4. The Morgan fingerprint density at radius 1 is 1.37 bits per heavy atom. The first-order valence-electron chi connectivity index (χ1n) is 6.31. The third kappa shape index (κ3) is 2.80. The summed E-state index contributed by atoms with van der Waals surface area (Å²) in [6, 6.07) is 0.0489. The number of fused-ring (bicyclic) bond motifs is 1. The lowest BCUT2D eigenvalue weighted by Crippen LogP contribution is -2.50. The standard InChI is InChI=1S/C10H20N2O4S3/c1-3-12-8-4-6(2)18(13,14)10-7(8)5-9(17-10)19(11,15)16/h6-10,12H,3-5H2,1-2H3,(H2,11,15,16)/t6-,7+,8+,9-,10+/m1/s1. The van der Waals surface area contributed by atoms with E-state index in [9.17, 15) is 16.8 Å². The molecule has 9 heteroatoms. The number of sulfonamides is 1. The van der Waals surface area contributed by atoms with E-state index in [-0.39, 0.29) is 12.0 Å². The number of thioether (sulfide) groups is 1. The highest BCUT2D eigenvalue weighted by atomic mass is 32.3.